The van der Waals surface area contributed by atoms with Gasteiger partial charge in [0.05, 0.1) is 0 Å². The van der Waals surface area contributed by atoms with Crippen LogP contribution in [0.25, 0.3) is 0 Å². The zero-order valence-corrected chi connectivity index (χ0v) is 10.9. The Hall–Kier alpha value is -0.640. The van der Waals surface area contributed by atoms with Crippen molar-refractivity contribution < 1.29 is 14.4 Å². The molecule has 0 saturated heterocycles. The van der Waals surface area contributed by atoms with Crippen molar-refractivity contribution in [3.8, 4) is 0 Å². The number of hydrogen-bond acceptors (Lipinski definition) is 3. The summed E-state index contributed by atoms with van der Waals surface area (Å²) < 4.78 is 0. The molecule has 1 atom stereocenters. The largest absolute Gasteiger partial charge is 0.300 e. The Bertz CT molecular complexity index is 261. The van der Waals surface area contributed by atoms with E-state index in [0.717, 1.165) is 19.3 Å². The first kappa shape index (κ1) is 15.4. The summed E-state index contributed by atoms with van der Waals surface area (Å²) in [6.07, 6.45) is 3.94. The molecular formula is C12H20O3S. The Balaban J connectivity index is 3.81. The van der Waals surface area contributed by atoms with Gasteiger partial charge in [0.15, 0.2) is 5.12 Å². The fourth-order valence-corrected chi connectivity index (χ4v) is 1.75. The van der Waals surface area contributed by atoms with Crippen molar-refractivity contribution in [2.24, 2.45) is 5.92 Å². The van der Waals surface area contributed by atoms with E-state index < -0.39 is 0 Å². The van der Waals surface area contributed by atoms with Crippen LogP contribution in [0.15, 0.2) is 0 Å². The van der Waals surface area contributed by atoms with E-state index in [9.17, 15) is 14.4 Å². The zero-order chi connectivity index (χ0) is 12.6. The van der Waals surface area contributed by atoms with Crippen molar-refractivity contribution in [2.45, 2.75) is 52.4 Å². The fourth-order valence-electron chi connectivity index (χ4n) is 1.60. The highest BCUT2D eigenvalue weighted by molar-refractivity contribution is 7.96. The SMILES string of the molecule is CC(=O)CCC(CCCCC(=O)S)C(C)=O. The standard InChI is InChI=1S/C12H20O3S/c1-9(13)7-8-11(10(2)14)5-3-4-6-12(15)16/h11H,3-8H2,1-2H3,(H,15,16). The molecule has 0 heterocycles. The second kappa shape index (κ2) is 8.50. The molecule has 1 unspecified atom stereocenters. The molecule has 0 aromatic carbocycles. The average molecular weight is 244 g/mol. The van der Waals surface area contributed by atoms with Gasteiger partial charge in [-0.3, -0.25) is 9.59 Å². The summed E-state index contributed by atoms with van der Waals surface area (Å²) in [4.78, 5) is 32.7. The van der Waals surface area contributed by atoms with Crippen LogP contribution in [0.1, 0.15) is 52.4 Å². The third-order valence-electron chi connectivity index (χ3n) is 2.61. The van der Waals surface area contributed by atoms with Crippen molar-refractivity contribution in [3.63, 3.8) is 0 Å². The Morgan fingerprint density at radius 1 is 1.00 bits per heavy atom. The molecule has 0 aliphatic carbocycles. The highest BCUT2D eigenvalue weighted by Crippen LogP contribution is 2.17. The maximum Gasteiger partial charge on any atom is 0.185 e. The number of ketones is 2. The lowest BCUT2D eigenvalue weighted by molar-refractivity contribution is -0.121. The van der Waals surface area contributed by atoms with Crippen molar-refractivity contribution in [1.29, 1.82) is 0 Å². The van der Waals surface area contributed by atoms with Crippen LogP contribution in [-0.4, -0.2) is 16.7 Å². The predicted molar refractivity (Wildman–Crippen MR) is 66.5 cm³/mol. The summed E-state index contributed by atoms with van der Waals surface area (Å²) in [5, 5.41) is -0.108. The minimum atomic E-state index is -0.108. The molecule has 0 saturated carbocycles. The first-order chi connectivity index (χ1) is 7.43. The van der Waals surface area contributed by atoms with Crippen LogP contribution in [-0.2, 0) is 14.4 Å². The van der Waals surface area contributed by atoms with E-state index in [4.69, 9.17) is 0 Å². The Kier molecular flexibility index (Phi) is 8.16. The molecule has 0 bridgehead atoms. The van der Waals surface area contributed by atoms with E-state index in [2.05, 4.69) is 12.6 Å². The van der Waals surface area contributed by atoms with Gasteiger partial charge in [-0.15, -0.1) is 12.6 Å². The molecule has 92 valence electrons. The monoisotopic (exact) mass is 244 g/mol. The van der Waals surface area contributed by atoms with E-state index in [-0.39, 0.29) is 22.6 Å². The van der Waals surface area contributed by atoms with Crippen LogP contribution in [0.4, 0.5) is 0 Å². The zero-order valence-electron chi connectivity index (χ0n) is 9.99. The van der Waals surface area contributed by atoms with Crippen LogP contribution < -0.4 is 0 Å². The molecule has 0 radical (unpaired) electrons. The van der Waals surface area contributed by atoms with Crippen LogP contribution in [0.3, 0.4) is 0 Å². The molecule has 0 fully saturated rings. The Labute approximate surface area is 102 Å². The Morgan fingerprint density at radius 2 is 1.62 bits per heavy atom. The highest BCUT2D eigenvalue weighted by atomic mass is 32.1. The second-order valence-corrected chi connectivity index (χ2v) is 4.69. The van der Waals surface area contributed by atoms with Gasteiger partial charge in [0.2, 0.25) is 0 Å². The maximum atomic E-state index is 11.3. The quantitative estimate of drug-likeness (QED) is 0.501. The van der Waals surface area contributed by atoms with Gasteiger partial charge < -0.3 is 4.79 Å². The van der Waals surface area contributed by atoms with Gasteiger partial charge >= 0.3 is 0 Å². The first-order valence-electron chi connectivity index (χ1n) is 5.65. The molecule has 0 aromatic rings. The molecule has 0 amide bonds. The lowest BCUT2D eigenvalue weighted by atomic mass is 9.92. The molecule has 0 aliphatic heterocycles. The van der Waals surface area contributed by atoms with Gasteiger partial charge in [-0.1, -0.05) is 6.42 Å². The maximum absolute atomic E-state index is 11.3. The number of hydrogen-bond donors (Lipinski definition) is 1. The van der Waals surface area contributed by atoms with Gasteiger partial charge in [0, 0.05) is 18.8 Å². The average Bonchev–Trinajstić information content (AvgIpc) is 2.15. The van der Waals surface area contributed by atoms with E-state index in [0.29, 0.717) is 19.3 Å². The summed E-state index contributed by atoms with van der Waals surface area (Å²) in [7, 11) is 0. The van der Waals surface area contributed by atoms with Crippen LogP contribution in [0.2, 0.25) is 0 Å². The van der Waals surface area contributed by atoms with Gasteiger partial charge in [-0.05, 0) is 33.1 Å². The lowest BCUT2D eigenvalue weighted by Crippen LogP contribution is -2.12. The van der Waals surface area contributed by atoms with Crippen molar-refractivity contribution in [3.05, 3.63) is 0 Å². The summed E-state index contributed by atoms with van der Waals surface area (Å²) >= 11 is 3.68. The minimum Gasteiger partial charge on any atom is -0.300 e. The van der Waals surface area contributed by atoms with Gasteiger partial charge in [0.1, 0.15) is 11.6 Å². The van der Waals surface area contributed by atoms with E-state index in [1.165, 1.54) is 6.92 Å². The number of rotatable bonds is 9. The van der Waals surface area contributed by atoms with Crippen molar-refractivity contribution in [2.75, 3.05) is 0 Å². The number of carbonyl (C=O) groups is 3. The molecule has 16 heavy (non-hydrogen) atoms. The van der Waals surface area contributed by atoms with Gasteiger partial charge in [0.25, 0.3) is 0 Å². The lowest BCUT2D eigenvalue weighted by Gasteiger charge is -2.12. The van der Waals surface area contributed by atoms with Gasteiger partial charge in [-0.2, -0.15) is 0 Å². The molecule has 0 N–H and O–H groups in total. The minimum absolute atomic E-state index is 0.0288. The predicted octanol–water partition coefficient (Wildman–Crippen LogP) is 2.58. The molecule has 0 aliphatic rings. The van der Waals surface area contributed by atoms with Crippen molar-refractivity contribution >= 4 is 29.3 Å². The van der Waals surface area contributed by atoms with Crippen LogP contribution in [0, 0.1) is 5.92 Å². The second-order valence-electron chi connectivity index (χ2n) is 4.19. The Morgan fingerprint density at radius 3 is 2.06 bits per heavy atom. The topological polar surface area (TPSA) is 51.2 Å². The molecule has 3 nitrogen and oxygen atoms in total. The summed E-state index contributed by atoms with van der Waals surface area (Å²) in [6.45, 7) is 3.10. The third kappa shape index (κ3) is 8.65. The number of carbonyl (C=O) groups excluding carboxylic acids is 3. The number of unbranched alkanes of at least 4 members (excludes halogenated alkanes) is 1. The third-order valence-corrected chi connectivity index (χ3v) is 2.84. The van der Waals surface area contributed by atoms with E-state index in [1.807, 2.05) is 0 Å². The first-order valence-corrected chi connectivity index (χ1v) is 6.10. The summed E-state index contributed by atoms with van der Waals surface area (Å²) in [5.41, 5.74) is 0. The van der Waals surface area contributed by atoms with Crippen LogP contribution >= 0.6 is 12.6 Å². The summed E-state index contributed by atoms with van der Waals surface area (Å²) in [5.74, 6) is 0.231. The van der Waals surface area contributed by atoms with E-state index >= 15 is 0 Å². The highest BCUT2D eigenvalue weighted by Gasteiger charge is 2.14. The van der Waals surface area contributed by atoms with Crippen molar-refractivity contribution in [1.82, 2.24) is 0 Å². The number of Topliss-reactive ketones (excluding diaryl/α,β-unsaturated/α-hetero) is 2. The molecule has 4 heteroatoms. The normalized spacial score (nSPS) is 12.2. The van der Waals surface area contributed by atoms with Gasteiger partial charge in [-0.25, -0.2) is 0 Å². The van der Waals surface area contributed by atoms with E-state index in [1.54, 1.807) is 6.92 Å². The molecular weight excluding hydrogens is 224 g/mol. The molecule has 0 aromatic heterocycles. The smallest absolute Gasteiger partial charge is 0.185 e. The summed E-state index contributed by atoms with van der Waals surface area (Å²) in [6, 6.07) is 0. The molecule has 0 spiro atoms. The number of thiol groups is 1. The molecule has 0 rings (SSSR count). The van der Waals surface area contributed by atoms with Crippen LogP contribution in [0.5, 0.6) is 0 Å². The fraction of sp³-hybridized carbons (Fsp3) is 0.750.